The first kappa shape index (κ1) is 44.6. The van der Waals surface area contributed by atoms with E-state index in [9.17, 15) is 14.4 Å². The van der Waals surface area contributed by atoms with Gasteiger partial charge in [-0.1, -0.05) is 103 Å². The molecule has 2 aromatic carbocycles. The van der Waals surface area contributed by atoms with E-state index in [1.165, 1.54) is 0 Å². The highest BCUT2D eigenvalue weighted by Gasteiger charge is 2.34. The lowest BCUT2D eigenvalue weighted by molar-refractivity contribution is -0.133. The molecule has 2 unspecified atom stereocenters. The molecule has 3 amide bonds. The fraction of sp³-hybridized carbons (Fsp3) is 0.622. The zero-order chi connectivity index (χ0) is 41.3. The van der Waals surface area contributed by atoms with E-state index in [2.05, 4.69) is 80.8 Å². The number of para-hydroxylation sites is 1. The summed E-state index contributed by atoms with van der Waals surface area (Å²) in [6.07, 6.45) is 3.35. The van der Waals surface area contributed by atoms with Gasteiger partial charge < -0.3 is 25.6 Å². The Morgan fingerprint density at radius 2 is 1.54 bits per heavy atom. The molecule has 0 saturated carbocycles. The standard InChI is InChI=1S/C45H69N7O4/c1-12-32(4)33(5)29-44(8,9)48-42(55)43(6,7)24-28-56-45(10,11)23-25-47-38(53)21-22-39(54)51-30-34-17-13-14-18-35(34)41-40(36-19-15-16-20-37(36)51)49-50-52(41)27-26-46-31(2)3/h13-20,31-33,46H,12,21-30H2,1-11H3,(H,47,53)(H,48,55). The lowest BCUT2D eigenvalue weighted by Gasteiger charge is -2.35. The summed E-state index contributed by atoms with van der Waals surface area (Å²) in [4.78, 5) is 42.1. The number of anilines is 1. The number of nitrogens with one attached hydrogen (secondary N) is 3. The molecule has 2 heterocycles. The van der Waals surface area contributed by atoms with Crippen molar-refractivity contribution >= 4 is 23.4 Å². The monoisotopic (exact) mass is 772 g/mol. The zero-order valence-corrected chi connectivity index (χ0v) is 36.1. The van der Waals surface area contributed by atoms with Crippen LogP contribution in [0.25, 0.3) is 22.5 Å². The number of rotatable bonds is 20. The fourth-order valence-corrected chi connectivity index (χ4v) is 7.30. The summed E-state index contributed by atoms with van der Waals surface area (Å²) < 4.78 is 8.20. The average molecular weight is 772 g/mol. The summed E-state index contributed by atoms with van der Waals surface area (Å²) in [7, 11) is 0. The number of amides is 3. The van der Waals surface area contributed by atoms with Crippen molar-refractivity contribution < 1.29 is 19.1 Å². The largest absolute Gasteiger partial charge is 0.375 e. The minimum absolute atomic E-state index is 0.0355. The summed E-state index contributed by atoms with van der Waals surface area (Å²) in [6.45, 7) is 25.7. The zero-order valence-electron chi connectivity index (χ0n) is 36.1. The van der Waals surface area contributed by atoms with Crippen molar-refractivity contribution in [2.24, 2.45) is 17.3 Å². The van der Waals surface area contributed by atoms with Gasteiger partial charge in [-0.25, -0.2) is 4.68 Å². The lowest BCUT2D eigenvalue weighted by Crippen LogP contribution is -2.50. The molecule has 2 atom stereocenters. The van der Waals surface area contributed by atoms with E-state index in [0.717, 1.165) is 53.2 Å². The second-order valence-corrected chi connectivity index (χ2v) is 18.0. The fourth-order valence-electron chi connectivity index (χ4n) is 7.30. The molecule has 3 aromatic rings. The van der Waals surface area contributed by atoms with Crippen molar-refractivity contribution in [2.45, 2.75) is 145 Å². The van der Waals surface area contributed by atoms with Crippen LogP contribution in [0.15, 0.2) is 48.5 Å². The molecule has 1 aliphatic heterocycles. The van der Waals surface area contributed by atoms with E-state index in [1.54, 1.807) is 4.90 Å². The summed E-state index contributed by atoms with van der Waals surface area (Å²) in [5.74, 6) is 0.842. The van der Waals surface area contributed by atoms with Crippen molar-refractivity contribution in [3.63, 3.8) is 0 Å². The number of ether oxygens (including phenoxy) is 1. The quantitative estimate of drug-likeness (QED) is 0.106. The van der Waals surface area contributed by atoms with Crippen LogP contribution in [-0.4, -0.2) is 69.6 Å². The molecule has 0 fully saturated rings. The highest BCUT2D eigenvalue weighted by molar-refractivity contribution is 6.01. The average Bonchev–Trinajstić information content (AvgIpc) is 3.53. The second kappa shape index (κ2) is 19.4. The van der Waals surface area contributed by atoms with E-state index in [1.807, 2.05) is 74.8 Å². The van der Waals surface area contributed by atoms with Crippen molar-refractivity contribution in [3.05, 3.63) is 54.1 Å². The molecule has 0 saturated heterocycles. The number of fused-ring (bicyclic) bond motifs is 5. The van der Waals surface area contributed by atoms with Gasteiger partial charge in [0, 0.05) is 60.7 Å². The predicted octanol–water partition coefficient (Wildman–Crippen LogP) is 7.92. The van der Waals surface area contributed by atoms with Crippen LogP contribution in [0.1, 0.15) is 120 Å². The Labute approximate surface area is 336 Å². The van der Waals surface area contributed by atoms with E-state index in [4.69, 9.17) is 4.74 Å². The Morgan fingerprint density at radius 3 is 2.23 bits per heavy atom. The van der Waals surface area contributed by atoms with Gasteiger partial charge >= 0.3 is 0 Å². The number of nitrogens with zero attached hydrogens (tertiary/aromatic N) is 4. The Balaban J connectivity index is 1.30. The maximum Gasteiger partial charge on any atom is 0.227 e. The second-order valence-electron chi connectivity index (χ2n) is 18.0. The molecule has 0 aliphatic carbocycles. The van der Waals surface area contributed by atoms with Crippen LogP contribution < -0.4 is 20.9 Å². The molecule has 0 spiro atoms. The molecule has 308 valence electrons. The number of carbonyl (C=O) groups is 3. The summed E-state index contributed by atoms with van der Waals surface area (Å²) >= 11 is 0. The number of hydrogen-bond donors (Lipinski definition) is 3. The summed E-state index contributed by atoms with van der Waals surface area (Å²) in [6, 6.07) is 16.2. The highest BCUT2D eigenvalue weighted by Crippen LogP contribution is 2.41. The van der Waals surface area contributed by atoms with Gasteiger partial charge in [-0.3, -0.25) is 14.4 Å². The molecule has 0 radical (unpaired) electrons. The van der Waals surface area contributed by atoms with E-state index >= 15 is 0 Å². The van der Waals surface area contributed by atoms with Crippen LogP contribution in [0.2, 0.25) is 0 Å². The maximum atomic E-state index is 14.0. The van der Waals surface area contributed by atoms with Crippen LogP contribution in [0, 0.1) is 17.3 Å². The Bertz CT molecular complexity index is 1780. The Morgan fingerprint density at radius 1 is 0.857 bits per heavy atom. The van der Waals surface area contributed by atoms with Gasteiger partial charge in [-0.15, -0.1) is 5.10 Å². The molecular formula is C45H69N7O4. The number of carbonyl (C=O) groups excluding carboxylic acids is 3. The topological polar surface area (TPSA) is 130 Å². The molecule has 1 aromatic heterocycles. The first-order chi connectivity index (χ1) is 26.3. The van der Waals surface area contributed by atoms with Crippen LogP contribution in [0.5, 0.6) is 0 Å². The van der Waals surface area contributed by atoms with E-state index in [0.29, 0.717) is 57.0 Å². The first-order valence-electron chi connectivity index (χ1n) is 20.7. The van der Waals surface area contributed by atoms with Gasteiger partial charge in [0.25, 0.3) is 0 Å². The molecule has 3 N–H and O–H groups in total. The SMILES string of the molecule is CCC(C)C(C)CC(C)(C)NC(=O)C(C)(C)CCOC(C)(C)CCNC(=O)CCC(=O)N1Cc2ccccc2-c2c(nnn2CCNC(C)C)-c2ccccc21. The molecule has 11 nitrogen and oxygen atoms in total. The molecule has 11 heteroatoms. The van der Waals surface area contributed by atoms with Crippen molar-refractivity contribution in [3.8, 4) is 22.5 Å². The van der Waals surface area contributed by atoms with Gasteiger partial charge in [-0.2, -0.15) is 0 Å². The predicted molar refractivity (Wildman–Crippen MR) is 226 cm³/mol. The normalized spacial score (nSPS) is 14.2. The van der Waals surface area contributed by atoms with Crippen LogP contribution in [0.3, 0.4) is 0 Å². The first-order valence-corrected chi connectivity index (χ1v) is 20.7. The molecule has 56 heavy (non-hydrogen) atoms. The molecule has 0 bridgehead atoms. The van der Waals surface area contributed by atoms with Crippen LogP contribution in [-0.2, 0) is 32.2 Å². The third-order valence-electron chi connectivity index (χ3n) is 11.3. The van der Waals surface area contributed by atoms with Crippen LogP contribution in [0.4, 0.5) is 5.69 Å². The molecule has 4 rings (SSSR count). The van der Waals surface area contributed by atoms with Gasteiger partial charge in [0.15, 0.2) is 0 Å². The van der Waals surface area contributed by atoms with Crippen molar-refractivity contribution in [1.29, 1.82) is 0 Å². The maximum absolute atomic E-state index is 14.0. The van der Waals surface area contributed by atoms with Crippen molar-refractivity contribution in [2.75, 3.05) is 24.6 Å². The Hall–Kier alpha value is -4.09. The summed E-state index contributed by atoms with van der Waals surface area (Å²) in [5, 5.41) is 18.9. The minimum atomic E-state index is -0.589. The number of hydrogen-bond acceptors (Lipinski definition) is 7. The minimum Gasteiger partial charge on any atom is -0.375 e. The third-order valence-corrected chi connectivity index (χ3v) is 11.3. The van der Waals surface area contributed by atoms with E-state index in [-0.39, 0.29) is 36.1 Å². The van der Waals surface area contributed by atoms with E-state index < -0.39 is 11.0 Å². The van der Waals surface area contributed by atoms with Crippen LogP contribution >= 0.6 is 0 Å². The summed E-state index contributed by atoms with van der Waals surface area (Å²) in [5.41, 5.74) is 3.85. The third kappa shape index (κ3) is 12.2. The molecular weight excluding hydrogens is 703 g/mol. The Kier molecular flexibility index (Phi) is 15.4. The number of aromatic nitrogens is 3. The van der Waals surface area contributed by atoms with Gasteiger partial charge in [0.1, 0.15) is 5.69 Å². The van der Waals surface area contributed by atoms with Gasteiger partial charge in [0.05, 0.1) is 30.1 Å². The lowest BCUT2D eigenvalue weighted by atomic mass is 9.81. The molecule has 1 aliphatic rings. The number of benzene rings is 2. The highest BCUT2D eigenvalue weighted by atomic mass is 16.5. The van der Waals surface area contributed by atoms with Gasteiger partial charge in [-0.05, 0) is 70.4 Å². The smallest absolute Gasteiger partial charge is 0.227 e. The van der Waals surface area contributed by atoms with Gasteiger partial charge in [0.2, 0.25) is 17.7 Å². The van der Waals surface area contributed by atoms with Crippen molar-refractivity contribution in [1.82, 2.24) is 30.9 Å².